The van der Waals surface area contributed by atoms with Crippen LogP contribution in [0.5, 0.6) is 0 Å². The lowest BCUT2D eigenvalue weighted by Crippen LogP contribution is -2.10. The maximum Gasteiger partial charge on any atom is 0.305 e. The lowest BCUT2D eigenvalue weighted by Gasteiger charge is -2.05. The Bertz CT molecular complexity index is 442. The maximum atomic E-state index is 11.5. The fraction of sp³-hybridized carbons (Fsp3) is 0.500. The Hall–Kier alpha value is -1.55. The molecule has 1 aromatic carbocycles. The molecule has 0 N–H and O–H groups in total. The van der Waals surface area contributed by atoms with Crippen molar-refractivity contribution < 1.29 is 19.1 Å². The van der Waals surface area contributed by atoms with Gasteiger partial charge in [0.05, 0.1) is 13.2 Å². The van der Waals surface area contributed by atoms with Crippen molar-refractivity contribution in [3.8, 4) is 0 Å². The van der Waals surface area contributed by atoms with E-state index in [9.17, 15) is 9.59 Å². The molecule has 0 radical (unpaired) electrons. The number of ether oxygens (including phenoxy) is 2. The molecule has 1 rings (SSSR count). The molecule has 0 saturated heterocycles. The van der Waals surface area contributed by atoms with Crippen molar-refractivity contribution in [2.75, 3.05) is 13.2 Å². The van der Waals surface area contributed by atoms with E-state index in [1.165, 1.54) is 0 Å². The van der Waals surface area contributed by atoms with Gasteiger partial charge in [0.1, 0.15) is 0 Å². The van der Waals surface area contributed by atoms with Crippen LogP contribution in [0.2, 0.25) is 5.02 Å². The minimum Gasteiger partial charge on any atom is -0.466 e. The van der Waals surface area contributed by atoms with Gasteiger partial charge >= 0.3 is 11.9 Å². The highest BCUT2D eigenvalue weighted by Crippen LogP contribution is 2.10. The third-order valence-corrected chi connectivity index (χ3v) is 3.05. The van der Waals surface area contributed by atoms with E-state index in [0.717, 1.165) is 12.0 Å². The third kappa shape index (κ3) is 8.35. The molecule has 0 aromatic heterocycles. The summed E-state index contributed by atoms with van der Waals surface area (Å²) >= 11 is 5.79. The highest BCUT2D eigenvalue weighted by Gasteiger charge is 2.07. The Morgan fingerprint density at radius 3 is 2.14 bits per heavy atom. The average molecular weight is 313 g/mol. The number of rotatable bonds is 9. The van der Waals surface area contributed by atoms with Crippen molar-refractivity contribution in [1.29, 1.82) is 0 Å². The van der Waals surface area contributed by atoms with Crippen LogP contribution < -0.4 is 0 Å². The summed E-state index contributed by atoms with van der Waals surface area (Å²) in [4.78, 5) is 22.7. The topological polar surface area (TPSA) is 52.6 Å². The Kier molecular flexibility index (Phi) is 8.51. The third-order valence-electron chi connectivity index (χ3n) is 2.80. The monoisotopic (exact) mass is 312 g/mol. The standard InChI is InChI=1S/C16H21ClO4/c1-2-11-20-15(18)4-3-5-16(19)21-12-10-13-6-8-14(17)9-7-13/h6-9H,2-5,10-12H2,1H3. The largest absolute Gasteiger partial charge is 0.466 e. The average Bonchev–Trinajstić information content (AvgIpc) is 2.47. The zero-order chi connectivity index (χ0) is 15.5. The predicted octanol–water partition coefficient (Wildman–Crippen LogP) is 3.55. The molecule has 0 amide bonds. The quantitative estimate of drug-likeness (QED) is 0.654. The number of carbonyl (C=O) groups is 2. The van der Waals surface area contributed by atoms with Crippen molar-refractivity contribution in [3.63, 3.8) is 0 Å². The van der Waals surface area contributed by atoms with Crippen molar-refractivity contribution in [2.24, 2.45) is 0 Å². The van der Waals surface area contributed by atoms with Crippen molar-refractivity contribution in [2.45, 2.75) is 39.0 Å². The number of hydrogen-bond donors (Lipinski definition) is 0. The van der Waals surface area contributed by atoms with Crippen molar-refractivity contribution in [1.82, 2.24) is 0 Å². The SMILES string of the molecule is CCCOC(=O)CCCC(=O)OCCc1ccc(Cl)cc1. The Morgan fingerprint density at radius 2 is 1.57 bits per heavy atom. The molecule has 1 aromatic rings. The van der Waals surface area contributed by atoms with Crippen LogP contribution in [0.25, 0.3) is 0 Å². The molecular weight excluding hydrogens is 292 g/mol. The second-order valence-corrected chi connectivity index (χ2v) is 5.11. The number of esters is 2. The molecule has 5 heteroatoms. The van der Waals surface area contributed by atoms with Gasteiger partial charge in [-0.05, 0) is 30.5 Å². The van der Waals surface area contributed by atoms with E-state index in [-0.39, 0.29) is 24.8 Å². The van der Waals surface area contributed by atoms with Crippen LogP contribution in [0.1, 0.15) is 38.2 Å². The molecule has 0 heterocycles. The molecule has 0 aliphatic heterocycles. The van der Waals surface area contributed by atoms with Crippen molar-refractivity contribution in [3.05, 3.63) is 34.9 Å². The van der Waals surface area contributed by atoms with E-state index in [1.807, 2.05) is 19.1 Å². The molecule has 0 saturated carbocycles. The summed E-state index contributed by atoms with van der Waals surface area (Å²) in [5.41, 5.74) is 1.07. The lowest BCUT2D eigenvalue weighted by atomic mass is 10.2. The number of halogens is 1. The molecule has 0 spiro atoms. The first-order valence-corrected chi connectivity index (χ1v) is 7.55. The summed E-state index contributed by atoms with van der Waals surface area (Å²) in [5, 5.41) is 0.686. The van der Waals surface area contributed by atoms with Crippen molar-refractivity contribution >= 4 is 23.5 Å². The van der Waals surface area contributed by atoms with Crippen LogP contribution in [-0.4, -0.2) is 25.2 Å². The first-order valence-electron chi connectivity index (χ1n) is 7.17. The Balaban J connectivity index is 2.08. The van der Waals surface area contributed by atoms with Gasteiger partial charge in [0.2, 0.25) is 0 Å². The highest BCUT2D eigenvalue weighted by molar-refractivity contribution is 6.30. The Morgan fingerprint density at radius 1 is 1.00 bits per heavy atom. The molecule has 0 aliphatic rings. The summed E-state index contributed by atoms with van der Waals surface area (Å²) in [6.45, 7) is 2.70. The zero-order valence-electron chi connectivity index (χ0n) is 12.3. The Labute approximate surface area is 130 Å². The minimum atomic E-state index is -0.285. The fourth-order valence-electron chi connectivity index (χ4n) is 1.67. The van der Waals surface area contributed by atoms with Crippen LogP contribution >= 0.6 is 11.6 Å². The van der Waals surface area contributed by atoms with Gasteiger partial charge in [-0.25, -0.2) is 0 Å². The number of benzene rings is 1. The summed E-state index contributed by atoms with van der Waals surface area (Å²) < 4.78 is 10.0. The summed E-state index contributed by atoms with van der Waals surface area (Å²) in [5.74, 6) is -0.543. The molecule has 4 nitrogen and oxygen atoms in total. The van der Waals surface area contributed by atoms with Gasteiger partial charge in [-0.3, -0.25) is 9.59 Å². The number of hydrogen-bond acceptors (Lipinski definition) is 4. The fourth-order valence-corrected chi connectivity index (χ4v) is 1.80. The van der Waals surface area contributed by atoms with Crippen LogP contribution in [0.3, 0.4) is 0 Å². The highest BCUT2D eigenvalue weighted by atomic mass is 35.5. The number of carbonyl (C=O) groups excluding carboxylic acids is 2. The lowest BCUT2D eigenvalue weighted by molar-refractivity contribution is -0.145. The van der Waals surface area contributed by atoms with Gasteiger partial charge in [-0.1, -0.05) is 30.7 Å². The molecule has 0 atom stereocenters. The van der Waals surface area contributed by atoms with Crippen LogP contribution in [0.4, 0.5) is 0 Å². The molecule has 21 heavy (non-hydrogen) atoms. The van der Waals surface area contributed by atoms with Gasteiger partial charge < -0.3 is 9.47 Å². The molecular formula is C16H21ClO4. The second-order valence-electron chi connectivity index (χ2n) is 4.67. The first-order chi connectivity index (χ1) is 10.1. The summed E-state index contributed by atoms with van der Waals surface area (Å²) in [7, 11) is 0. The predicted molar refractivity (Wildman–Crippen MR) is 81.2 cm³/mol. The second kappa shape index (κ2) is 10.2. The van der Waals surface area contributed by atoms with E-state index in [1.54, 1.807) is 12.1 Å². The van der Waals surface area contributed by atoms with Gasteiger partial charge in [-0.15, -0.1) is 0 Å². The van der Waals surface area contributed by atoms with Crippen LogP contribution in [-0.2, 0) is 25.5 Å². The smallest absolute Gasteiger partial charge is 0.305 e. The van der Waals surface area contributed by atoms with Gasteiger partial charge in [0.25, 0.3) is 0 Å². The molecule has 0 unspecified atom stereocenters. The first kappa shape index (κ1) is 17.5. The molecule has 0 bridgehead atoms. The maximum absolute atomic E-state index is 11.5. The van der Waals surface area contributed by atoms with Crippen LogP contribution in [0, 0.1) is 0 Å². The molecule has 116 valence electrons. The minimum absolute atomic E-state index is 0.238. The van der Waals surface area contributed by atoms with E-state index in [4.69, 9.17) is 21.1 Å². The zero-order valence-corrected chi connectivity index (χ0v) is 13.0. The summed E-state index contributed by atoms with van der Waals surface area (Å²) in [6, 6.07) is 7.42. The van der Waals surface area contributed by atoms with E-state index < -0.39 is 0 Å². The van der Waals surface area contributed by atoms with E-state index >= 15 is 0 Å². The summed E-state index contributed by atoms with van der Waals surface area (Å²) in [6.07, 6.45) is 2.41. The van der Waals surface area contributed by atoms with Gasteiger partial charge in [-0.2, -0.15) is 0 Å². The molecule has 0 aliphatic carbocycles. The molecule has 0 fully saturated rings. The van der Waals surface area contributed by atoms with Gasteiger partial charge in [0.15, 0.2) is 0 Å². The van der Waals surface area contributed by atoms with Crippen LogP contribution in [0.15, 0.2) is 24.3 Å². The normalized spacial score (nSPS) is 10.2. The van der Waals surface area contributed by atoms with E-state index in [0.29, 0.717) is 31.1 Å². The van der Waals surface area contributed by atoms with Gasteiger partial charge in [0, 0.05) is 24.3 Å². The van der Waals surface area contributed by atoms with E-state index in [2.05, 4.69) is 0 Å².